The second-order valence-corrected chi connectivity index (χ2v) is 5.79. The number of hydrogen-bond donors (Lipinski definition) is 2. The SMILES string of the molecule is CCCC1(CNC(=O)c2ccc(C(=O)O)cc2F)CCC1. The predicted molar refractivity (Wildman–Crippen MR) is 76.9 cm³/mol. The smallest absolute Gasteiger partial charge is 0.335 e. The number of carbonyl (C=O) groups is 2. The van der Waals surface area contributed by atoms with E-state index in [1.807, 2.05) is 0 Å². The van der Waals surface area contributed by atoms with Crippen molar-refractivity contribution in [2.24, 2.45) is 5.41 Å². The normalized spacial score (nSPS) is 16.1. The molecule has 1 saturated carbocycles. The van der Waals surface area contributed by atoms with Crippen molar-refractivity contribution in [3.05, 3.63) is 35.1 Å². The summed E-state index contributed by atoms with van der Waals surface area (Å²) in [5.74, 6) is -2.49. The van der Waals surface area contributed by atoms with E-state index >= 15 is 0 Å². The average molecular weight is 293 g/mol. The Morgan fingerprint density at radius 1 is 1.38 bits per heavy atom. The van der Waals surface area contributed by atoms with Gasteiger partial charge in [-0.25, -0.2) is 9.18 Å². The second kappa shape index (κ2) is 6.24. The van der Waals surface area contributed by atoms with Gasteiger partial charge in [-0.2, -0.15) is 0 Å². The summed E-state index contributed by atoms with van der Waals surface area (Å²) in [6, 6.07) is 3.34. The van der Waals surface area contributed by atoms with Gasteiger partial charge in [-0.3, -0.25) is 4.79 Å². The molecule has 0 radical (unpaired) electrons. The van der Waals surface area contributed by atoms with E-state index in [1.165, 1.54) is 18.6 Å². The molecule has 0 unspecified atom stereocenters. The Hall–Kier alpha value is -1.91. The van der Waals surface area contributed by atoms with Crippen molar-refractivity contribution < 1.29 is 19.1 Å². The van der Waals surface area contributed by atoms with E-state index in [0.29, 0.717) is 6.54 Å². The average Bonchev–Trinajstić information content (AvgIpc) is 2.41. The van der Waals surface area contributed by atoms with Crippen LogP contribution < -0.4 is 5.32 Å². The molecule has 0 saturated heterocycles. The number of carbonyl (C=O) groups excluding carboxylic acids is 1. The van der Waals surface area contributed by atoms with Crippen molar-refractivity contribution in [3.63, 3.8) is 0 Å². The van der Waals surface area contributed by atoms with Gasteiger partial charge in [0.15, 0.2) is 0 Å². The molecular formula is C16H20FNO3. The summed E-state index contributed by atoms with van der Waals surface area (Å²) in [5.41, 5.74) is -0.0986. The zero-order valence-corrected chi connectivity index (χ0v) is 12.1. The molecule has 0 atom stereocenters. The van der Waals surface area contributed by atoms with Crippen molar-refractivity contribution in [3.8, 4) is 0 Å². The Morgan fingerprint density at radius 3 is 2.57 bits per heavy atom. The van der Waals surface area contributed by atoms with Crippen LogP contribution in [0.25, 0.3) is 0 Å². The first-order chi connectivity index (χ1) is 9.97. The fourth-order valence-corrected chi connectivity index (χ4v) is 2.92. The monoisotopic (exact) mass is 293 g/mol. The molecule has 1 aromatic rings. The number of carboxylic acid groups (broad SMARTS) is 1. The van der Waals surface area contributed by atoms with Crippen molar-refractivity contribution >= 4 is 11.9 Å². The fraction of sp³-hybridized carbons (Fsp3) is 0.500. The van der Waals surface area contributed by atoms with Crippen LogP contribution in [0.1, 0.15) is 59.7 Å². The largest absolute Gasteiger partial charge is 0.478 e. The number of carboxylic acids is 1. The molecule has 5 heteroatoms. The number of aromatic carboxylic acids is 1. The van der Waals surface area contributed by atoms with Crippen LogP contribution in [0, 0.1) is 11.2 Å². The first-order valence-corrected chi connectivity index (χ1v) is 7.28. The molecule has 114 valence electrons. The molecule has 2 rings (SSSR count). The van der Waals surface area contributed by atoms with Crippen LogP contribution in [0.5, 0.6) is 0 Å². The first kappa shape index (κ1) is 15.5. The Labute approximate surface area is 123 Å². The maximum absolute atomic E-state index is 13.8. The number of hydrogen-bond acceptors (Lipinski definition) is 2. The molecule has 0 bridgehead atoms. The summed E-state index contributed by atoms with van der Waals surface area (Å²) in [6.07, 6.45) is 5.51. The van der Waals surface area contributed by atoms with Crippen LogP contribution >= 0.6 is 0 Å². The maximum atomic E-state index is 13.8. The van der Waals surface area contributed by atoms with Gasteiger partial charge in [-0.15, -0.1) is 0 Å². The molecule has 1 aliphatic carbocycles. The van der Waals surface area contributed by atoms with Gasteiger partial charge in [0, 0.05) is 6.54 Å². The van der Waals surface area contributed by atoms with E-state index in [0.717, 1.165) is 31.7 Å². The molecule has 1 fully saturated rings. The number of benzene rings is 1. The van der Waals surface area contributed by atoms with Crippen molar-refractivity contribution in [2.45, 2.75) is 39.0 Å². The summed E-state index contributed by atoms with van der Waals surface area (Å²) < 4.78 is 13.8. The van der Waals surface area contributed by atoms with Gasteiger partial charge in [-0.05, 0) is 42.9 Å². The van der Waals surface area contributed by atoms with Gasteiger partial charge in [0.1, 0.15) is 5.82 Å². The minimum absolute atomic E-state index is 0.106. The Balaban J connectivity index is 2.02. The molecule has 0 heterocycles. The van der Waals surface area contributed by atoms with E-state index in [4.69, 9.17) is 5.11 Å². The van der Waals surface area contributed by atoms with Crippen LogP contribution in [0.4, 0.5) is 4.39 Å². The molecule has 4 nitrogen and oxygen atoms in total. The highest BCUT2D eigenvalue weighted by Gasteiger charge is 2.36. The van der Waals surface area contributed by atoms with E-state index in [9.17, 15) is 14.0 Å². The zero-order chi connectivity index (χ0) is 15.5. The molecule has 1 aromatic carbocycles. The molecule has 1 aliphatic rings. The van der Waals surface area contributed by atoms with Crippen LogP contribution in [0.15, 0.2) is 18.2 Å². The van der Waals surface area contributed by atoms with Gasteiger partial charge in [0.05, 0.1) is 11.1 Å². The minimum Gasteiger partial charge on any atom is -0.478 e. The van der Waals surface area contributed by atoms with Crippen LogP contribution in [0.3, 0.4) is 0 Å². The van der Waals surface area contributed by atoms with Gasteiger partial charge in [0.25, 0.3) is 5.91 Å². The summed E-state index contributed by atoms with van der Waals surface area (Å²) >= 11 is 0. The third-order valence-electron chi connectivity index (χ3n) is 4.28. The van der Waals surface area contributed by atoms with Crippen molar-refractivity contribution in [1.82, 2.24) is 5.32 Å². The molecular weight excluding hydrogens is 273 g/mol. The number of rotatable bonds is 6. The second-order valence-electron chi connectivity index (χ2n) is 5.79. The maximum Gasteiger partial charge on any atom is 0.335 e. The summed E-state index contributed by atoms with van der Waals surface area (Å²) in [7, 11) is 0. The third-order valence-corrected chi connectivity index (χ3v) is 4.28. The van der Waals surface area contributed by atoms with Crippen molar-refractivity contribution in [1.29, 1.82) is 0 Å². The van der Waals surface area contributed by atoms with Gasteiger partial charge in [0.2, 0.25) is 0 Å². The molecule has 21 heavy (non-hydrogen) atoms. The summed E-state index contributed by atoms with van der Waals surface area (Å²) in [6.45, 7) is 2.67. The van der Waals surface area contributed by atoms with E-state index in [2.05, 4.69) is 12.2 Å². The van der Waals surface area contributed by atoms with Crippen LogP contribution in [-0.4, -0.2) is 23.5 Å². The molecule has 0 aromatic heterocycles. The van der Waals surface area contributed by atoms with E-state index < -0.39 is 17.7 Å². The highest BCUT2D eigenvalue weighted by molar-refractivity contribution is 5.96. The van der Waals surface area contributed by atoms with Gasteiger partial charge >= 0.3 is 5.97 Å². The summed E-state index contributed by atoms with van der Waals surface area (Å²) in [4.78, 5) is 22.8. The Kier molecular flexibility index (Phi) is 4.60. The van der Waals surface area contributed by atoms with Gasteiger partial charge in [-0.1, -0.05) is 19.8 Å². The zero-order valence-electron chi connectivity index (χ0n) is 12.1. The quantitative estimate of drug-likeness (QED) is 0.846. The lowest BCUT2D eigenvalue weighted by atomic mass is 9.66. The Morgan fingerprint density at radius 2 is 2.10 bits per heavy atom. The molecule has 1 amide bonds. The third kappa shape index (κ3) is 3.40. The topological polar surface area (TPSA) is 66.4 Å². The van der Waals surface area contributed by atoms with Crippen LogP contribution in [-0.2, 0) is 0 Å². The predicted octanol–water partition coefficient (Wildman–Crippen LogP) is 3.22. The van der Waals surface area contributed by atoms with Crippen LogP contribution in [0.2, 0.25) is 0 Å². The highest BCUT2D eigenvalue weighted by Crippen LogP contribution is 2.44. The molecule has 0 spiro atoms. The summed E-state index contributed by atoms with van der Waals surface area (Å²) in [5, 5.41) is 11.6. The lowest BCUT2D eigenvalue weighted by Crippen LogP contribution is -2.42. The Bertz CT molecular complexity index is 552. The number of halogens is 1. The van der Waals surface area contributed by atoms with E-state index in [-0.39, 0.29) is 16.5 Å². The van der Waals surface area contributed by atoms with Crippen molar-refractivity contribution in [2.75, 3.05) is 6.54 Å². The standard InChI is InChI=1S/C16H20FNO3/c1-2-6-16(7-3-8-16)10-18-14(19)12-5-4-11(15(20)21)9-13(12)17/h4-5,9H,2-3,6-8,10H2,1H3,(H,18,19)(H,20,21). The number of amides is 1. The fourth-order valence-electron chi connectivity index (χ4n) is 2.92. The minimum atomic E-state index is -1.21. The highest BCUT2D eigenvalue weighted by atomic mass is 19.1. The first-order valence-electron chi connectivity index (χ1n) is 7.28. The van der Waals surface area contributed by atoms with Gasteiger partial charge < -0.3 is 10.4 Å². The number of nitrogens with one attached hydrogen (secondary N) is 1. The lowest BCUT2D eigenvalue weighted by molar-refractivity contribution is 0.0695. The molecule has 0 aliphatic heterocycles. The van der Waals surface area contributed by atoms with E-state index in [1.54, 1.807) is 0 Å². The molecule has 2 N–H and O–H groups in total. The lowest BCUT2D eigenvalue weighted by Gasteiger charge is -2.42.